The minimum absolute atomic E-state index is 0.269. The van der Waals surface area contributed by atoms with Crippen LogP contribution in [0.2, 0.25) is 0 Å². The lowest BCUT2D eigenvalue weighted by atomic mass is 10.1. The molecular formula is C12H11NO3. The molecule has 82 valence electrons. The third kappa shape index (κ3) is 3.14. The van der Waals surface area contributed by atoms with Gasteiger partial charge in [-0.2, -0.15) is 0 Å². The predicted molar refractivity (Wildman–Crippen MR) is 58.5 cm³/mol. The molecule has 0 saturated carbocycles. The SMILES string of the molecule is CCOC(=O)C#Cc1ccccc1C(N)=O. The molecule has 0 atom stereocenters. The van der Waals surface area contributed by atoms with Gasteiger partial charge in [0.05, 0.1) is 12.2 Å². The lowest BCUT2D eigenvalue weighted by Gasteiger charge is -1.98. The van der Waals surface area contributed by atoms with Gasteiger partial charge in [-0.3, -0.25) is 4.79 Å². The molecule has 0 heterocycles. The number of amides is 1. The molecule has 1 aromatic carbocycles. The van der Waals surface area contributed by atoms with Gasteiger partial charge in [0.2, 0.25) is 5.91 Å². The molecule has 0 fully saturated rings. The Bertz CT molecular complexity index is 469. The number of hydrogen-bond donors (Lipinski definition) is 1. The van der Waals surface area contributed by atoms with Gasteiger partial charge in [0, 0.05) is 11.5 Å². The Morgan fingerprint density at radius 1 is 1.38 bits per heavy atom. The third-order valence-corrected chi connectivity index (χ3v) is 1.77. The molecule has 1 aromatic rings. The first-order valence-electron chi connectivity index (χ1n) is 4.72. The van der Waals surface area contributed by atoms with Crippen molar-refractivity contribution < 1.29 is 14.3 Å². The molecule has 1 rings (SSSR count). The Morgan fingerprint density at radius 3 is 2.69 bits per heavy atom. The summed E-state index contributed by atoms with van der Waals surface area (Å²) in [4.78, 5) is 22.0. The van der Waals surface area contributed by atoms with E-state index in [1.54, 1.807) is 31.2 Å². The van der Waals surface area contributed by atoms with Crippen LogP contribution in [-0.4, -0.2) is 18.5 Å². The van der Waals surface area contributed by atoms with Crippen LogP contribution in [-0.2, 0) is 9.53 Å². The highest BCUT2D eigenvalue weighted by Gasteiger charge is 2.04. The molecule has 0 aliphatic rings. The molecule has 2 N–H and O–H groups in total. The van der Waals surface area contributed by atoms with Gasteiger partial charge in [-0.05, 0) is 19.1 Å². The van der Waals surface area contributed by atoms with Gasteiger partial charge < -0.3 is 10.5 Å². The summed E-state index contributed by atoms with van der Waals surface area (Å²) in [6, 6.07) is 6.56. The van der Waals surface area contributed by atoms with Crippen molar-refractivity contribution in [1.29, 1.82) is 0 Å². The first-order chi connectivity index (χ1) is 7.65. The summed E-state index contributed by atoms with van der Waals surface area (Å²) in [5, 5.41) is 0. The Labute approximate surface area is 93.4 Å². The summed E-state index contributed by atoms with van der Waals surface area (Å²) in [6.07, 6.45) is 0. The second-order valence-corrected chi connectivity index (χ2v) is 2.88. The van der Waals surface area contributed by atoms with Gasteiger partial charge in [0.25, 0.3) is 0 Å². The van der Waals surface area contributed by atoms with Crippen LogP contribution in [0, 0.1) is 11.8 Å². The topological polar surface area (TPSA) is 69.4 Å². The van der Waals surface area contributed by atoms with E-state index >= 15 is 0 Å². The van der Waals surface area contributed by atoms with E-state index in [1.165, 1.54) is 0 Å². The molecule has 16 heavy (non-hydrogen) atoms. The van der Waals surface area contributed by atoms with E-state index < -0.39 is 11.9 Å². The zero-order valence-electron chi connectivity index (χ0n) is 8.82. The normalized spacial score (nSPS) is 8.81. The second-order valence-electron chi connectivity index (χ2n) is 2.88. The highest BCUT2D eigenvalue weighted by Crippen LogP contribution is 2.05. The Hall–Kier alpha value is -2.28. The van der Waals surface area contributed by atoms with Crippen LogP contribution < -0.4 is 5.73 Å². The van der Waals surface area contributed by atoms with Gasteiger partial charge in [0.15, 0.2) is 0 Å². The molecule has 0 spiro atoms. The number of benzene rings is 1. The summed E-state index contributed by atoms with van der Waals surface area (Å²) in [6.45, 7) is 1.96. The van der Waals surface area contributed by atoms with Crippen molar-refractivity contribution in [2.75, 3.05) is 6.61 Å². The Kier molecular flexibility index (Phi) is 4.10. The van der Waals surface area contributed by atoms with Crippen LogP contribution in [0.5, 0.6) is 0 Å². The molecule has 4 nitrogen and oxygen atoms in total. The first kappa shape index (κ1) is 11.8. The van der Waals surface area contributed by atoms with Crippen LogP contribution in [0.15, 0.2) is 24.3 Å². The third-order valence-electron chi connectivity index (χ3n) is 1.77. The summed E-state index contributed by atoms with van der Waals surface area (Å²) in [5.41, 5.74) is 5.87. The van der Waals surface area contributed by atoms with Gasteiger partial charge >= 0.3 is 5.97 Å². The minimum Gasteiger partial charge on any atom is -0.456 e. The van der Waals surface area contributed by atoms with Crippen LogP contribution >= 0.6 is 0 Å². The number of primary amides is 1. The van der Waals surface area contributed by atoms with Crippen molar-refractivity contribution in [2.24, 2.45) is 5.73 Å². The summed E-state index contributed by atoms with van der Waals surface area (Å²) >= 11 is 0. The Balaban J connectivity index is 2.96. The molecule has 0 aliphatic carbocycles. The Morgan fingerprint density at radius 2 is 2.06 bits per heavy atom. The van der Waals surface area contributed by atoms with Gasteiger partial charge in [0.1, 0.15) is 0 Å². The lowest BCUT2D eigenvalue weighted by Crippen LogP contribution is -2.12. The molecule has 0 aromatic heterocycles. The molecule has 0 radical (unpaired) electrons. The molecule has 0 bridgehead atoms. The average molecular weight is 217 g/mol. The van der Waals surface area contributed by atoms with E-state index in [-0.39, 0.29) is 6.61 Å². The van der Waals surface area contributed by atoms with Gasteiger partial charge in [-0.15, -0.1) is 0 Å². The van der Waals surface area contributed by atoms with Crippen LogP contribution in [0.4, 0.5) is 0 Å². The maximum absolute atomic E-state index is 11.0. The fraction of sp³-hybridized carbons (Fsp3) is 0.167. The fourth-order valence-corrected chi connectivity index (χ4v) is 1.09. The monoisotopic (exact) mass is 217 g/mol. The summed E-state index contributed by atoms with van der Waals surface area (Å²) < 4.78 is 4.64. The van der Waals surface area contributed by atoms with Crippen LogP contribution in [0.1, 0.15) is 22.8 Å². The number of hydrogen-bond acceptors (Lipinski definition) is 3. The number of rotatable bonds is 2. The maximum atomic E-state index is 11.0. The average Bonchev–Trinajstić information content (AvgIpc) is 2.27. The van der Waals surface area contributed by atoms with E-state index in [4.69, 9.17) is 5.73 Å². The minimum atomic E-state index is -0.623. The molecule has 4 heteroatoms. The number of esters is 1. The van der Waals surface area contributed by atoms with Crippen molar-refractivity contribution >= 4 is 11.9 Å². The maximum Gasteiger partial charge on any atom is 0.384 e. The number of nitrogens with two attached hydrogens (primary N) is 1. The van der Waals surface area contributed by atoms with Crippen molar-refractivity contribution in [3.63, 3.8) is 0 Å². The number of ether oxygens (including phenoxy) is 1. The predicted octanol–water partition coefficient (Wildman–Crippen LogP) is 0.700. The van der Waals surface area contributed by atoms with Crippen molar-refractivity contribution in [2.45, 2.75) is 6.92 Å². The molecule has 1 amide bonds. The number of carbonyl (C=O) groups is 2. The van der Waals surface area contributed by atoms with E-state index in [2.05, 4.69) is 16.6 Å². The molecular weight excluding hydrogens is 206 g/mol. The quantitative estimate of drug-likeness (QED) is 0.585. The lowest BCUT2D eigenvalue weighted by molar-refractivity contribution is -0.136. The van der Waals surface area contributed by atoms with E-state index in [1.807, 2.05) is 0 Å². The van der Waals surface area contributed by atoms with Crippen molar-refractivity contribution in [3.05, 3.63) is 35.4 Å². The fourth-order valence-electron chi connectivity index (χ4n) is 1.09. The highest BCUT2D eigenvalue weighted by atomic mass is 16.5. The van der Waals surface area contributed by atoms with Crippen molar-refractivity contribution in [3.8, 4) is 11.8 Å². The molecule has 0 aliphatic heterocycles. The van der Waals surface area contributed by atoms with Gasteiger partial charge in [-0.1, -0.05) is 18.1 Å². The van der Waals surface area contributed by atoms with E-state index in [0.717, 1.165) is 0 Å². The largest absolute Gasteiger partial charge is 0.456 e. The zero-order valence-corrected chi connectivity index (χ0v) is 8.82. The summed E-state index contributed by atoms with van der Waals surface area (Å²) in [7, 11) is 0. The second kappa shape index (κ2) is 5.56. The van der Waals surface area contributed by atoms with E-state index in [9.17, 15) is 9.59 Å². The standard InChI is InChI=1S/C12H11NO3/c1-2-16-11(14)8-7-9-5-3-4-6-10(9)12(13)15/h3-6H,2H2,1H3,(H2,13,15). The first-order valence-corrected chi connectivity index (χ1v) is 4.72. The highest BCUT2D eigenvalue weighted by molar-refractivity contribution is 5.96. The van der Waals surface area contributed by atoms with Crippen molar-refractivity contribution in [1.82, 2.24) is 0 Å². The zero-order chi connectivity index (χ0) is 12.0. The molecule has 0 unspecified atom stereocenters. The van der Waals surface area contributed by atoms with Crippen LogP contribution in [0.3, 0.4) is 0 Å². The summed E-state index contributed by atoms with van der Waals surface area (Å²) in [5.74, 6) is 3.63. The van der Waals surface area contributed by atoms with E-state index in [0.29, 0.717) is 11.1 Å². The smallest absolute Gasteiger partial charge is 0.384 e. The van der Waals surface area contributed by atoms with Gasteiger partial charge in [-0.25, -0.2) is 4.79 Å². The number of carbonyl (C=O) groups excluding carboxylic acids is 2. The van der Waals surface area contributed by atoms with Crippen LogP contribution in [0.25, 0.3) is 0 Å². The molecule has 0 saturated heterocycles.